The summed E-state index contributed by atoms with van der Waals surface area (Å²) in [6, 6.07) is 0. The van der Waals surface area contributed by atoms with Crippen LogP contribution < -0.4 is 5.32 Å². The number of nitrogens with one attached hydrogen (secondary N) is 1. The molecule has 0 saturated heterocycles. The molecule has 0 radical (unpaired) electrons. The van der Waals surface area contributed by atoms with E-state index in [0.717, 1.165) is 25.7 Å². The minimum Gasteiger partial charge on any atom is -0.315 e. The van der Waals surface area contributed by atoms with Crippen LogP contribution in [0, 0.1) is 5.92 Å². The molecular formula is C11H23NO4S2. The molecule has 1 fully saturated rings. The van der Waals surface area contributed by atoms with Crippen LogP contribution in [0.5, 0.6) is 0 Å². The Hall–Kier alpha value is -0.140. The third-order valence-electron chi connectivity index (χ3n) is 3.20. The fourth-order valence-corrected chi connectivity index (χ4v) is 4.42. The highest BCUT2D eigenvalue weighted by molar-refractivity contribution is 7.91. The Labute approximate surface area is 110 Å². The molecular weight excluding hydrogens is 274 g/mol. The summed E-state index contributed by atoms with van der Waals surface area (Å²) in [4.78, 5) is 0. The lowest BCUT2D eigenvalue weighted by atomic mass is 10.1. The molecule has 108 valence electrons. The molecule has 0 amide bonds. The lowest BCUT2D eigenvalue weighted by Gasteiger charge is -2.10. The van der Waals surface area contributed by atoms with Crippen molar-refractivity contribution in [2.75, 3.05) is 36.6 Å². The fourth-order valence-electron chi connectivity index (χ4n) is 2.23. The second-order valence-electron chi connectivity index (χ2n) is 5.14. The van der Waals surface area contributed by atoms with Gasteiger partial charge in [0.1, 0.15) is 9.84 Å². The average Bonchev–Trinajstić information content (AvgIpc) is 2.67. The highest BCUT2D eigenvalue weighted by Gasteiger charge is 2.22. The van der Waals surface area contributed by atoms with E-state index < -0.39 is 19.7 Å². The molecule has 0 aromatic heterocycles. The molecule has 0 bridgehead atoms. The third-order valence-corrected chi connectivity index (χ3v) is 5.95. The summed E-state index contributed by atoms with van der Waals surface area (Å²) in [5.41, 5.74) is 0. The quantitative estimate of drug-likeness (QED) is 0.649. The van der Waals surface area contributed by atoms with Gasteiger partial charge in [0.2, 0.25) is 0 Å². The maximum Gasteiger partial charge on any atom is 0.151 e. The van der Waals surface area contributed by atoms with Crippen LogP contribution in [0.1, 0.15) is 25.7 Å². The predicted molar refractivity (Wildman–Crippen MR) is 73.2 cm³/mol. The van der Waals surface area contributed by atoms with Crippen LogP contribution in [0.15, 0.2) is 0 Å². The molecule has 1 N–H and O–H groups in total. The SMILES string of the molecule is CS(=O)(=O)CCNCCS(=O)(=O)CC1CCCC1. The van der Waals surface area contributed by atoms with Crippen molar-refractivity contribution in [3.8, 4) is 0 Å². The number of rotatable bonds is 8. The summed E-state index contributed by atoms with van der Waals surface area (Å²) in [6.07, 6.45) is 5.52. The predicted octanol–water partition coefficient (Wildman–Crippen LogP) is 0.226. The van der Waals surface area contributed by atoms with Crippen LogP contribution in [0.2, 0.25) is 0 Å². The minimum atomic E-state index is -2.99. The van der Waals surface area contributed by atoms with Crippen molar-refractivity contribution in [1.29, 1.82) is 0 Å². The molecule has 0 spiro atoms. The van der Waals surface area contributed by atoms with Crippen molar-refractivity contribution >= 4 is 19.7 Å². The fraction of sp³-hybridized carbons (Fsp3) is 1.00. The van der Waals surface area contributed by atoms with Crippen molar-refractivity contribution in [3.63, 3.8) is 0 Å². The van der Waals surface area contributed by atoms with E-state index in [2.05, 4.69) is 5.32 Å². The molecule has 1 aliphatic rings. The van der Waals surface area contributed by atoms with E-state index in [9.17, 15) is 16.8 Å². The Bertz CT molecular complexity index is 436. The van der Waals surface area contributed by atoms with Crippen LogP contribution in [0.25, 0.3) is 0 Å². The van der Waals surface area contributed by atoms with Gasteiger partial charge >= 0.3 is 0 Å². The molecule has 0 unspecified atom stereocenters. The van der Waals surface area contributed by atoms with Crippen molar-refractivity contribution in [2.45, 2.75) is 25.7 Å². The third kappa shape index (κ3) is 7.33. The molecule has 5 nitrogen and oxygen atoms in total. The topological polar surface area (TPSA) is 80.3 Å². The van der Waals surface area contributed by atoms with Crippen molar-refractivity contribution < 1.29 is 16.8 Å². The summed E-state index contributed by atoms with van der Waals surface area (Å²) in [5, 5.41) is 2.86. The van der Waals surface area contributed by atoms with Gasteiger partial charge in [0.25, 0.3) is 0 Å². The van der Waals surface area contributed by atoms with Gasteiger partial charge in [-0.05, 0) is 18.8 Å². The first-order valence-corrected chi connectivity index (χ1v) is 10.3. The van der Waals surface area contributed by atoms with E-state index in [1.807, 2.05) is 0 Å². The normalized spacial score (nSPS) is 18.3. The highest BCUT2D eigenvalue weighted by Crippen LogP contribution is 2.25. The Balaban J connectivity index is 2.17. The van der Waals surface area contributed by atoms with Gasteiger partial charge in [0.05, 0.1) is 17.3 Å². The molecule has 18 heavy (non-hydrogen) atoms. The number of hydrogen-bond acceptors (Lipinski definition) is 5. The van der Waals surface area contributed by atoms with Gasteiger partial charge in [-0.2, -0.15) is 0 Å². The summed E-state index contributed by atoms with van der Waals surface area (Å²) >= 11 is 0. The van der Waals surface area contributed by atoms with Gasteiger partial charge in [-0.15, -0.1) is 0 Å². The molecule has 0 aromatic rings. The van der Waals surface area contributed by atoms with Gasteiger partial charge in [-0.1, -0.05) is 12.8 Å². The Morgan fingerprint density at radius 1 is 1.00 bits per heavy atom. The van der Waals surface area contributed by atoms with E-state index in [-0.39, 0.29) is 11.5 Å². The second-order valence-corrected chi connectivity index (χ2v) is 9.63. The van der Waals surface area contributed by atoms with Crippen molar-refractivity contribution in [2.24, 2.45) is 5.92 Å². The zero-order valence-corrected chi connectivity index (χ0v) is 12.5. The molecule has 1 saturated carbocycles. The molecule has 0 aliphatic heterocycles. The van der Waals surface area contributed by atoms with Crippen molar-refractivity contribution in [3.05, 3.63) is 0 Å². The molecule has 0 atom stereocenters. The lowest BCUT2D eigenvalue weighted by Crippen LogP contribution is -2.29. The zero-order valence-electron chi connectivity index (χ0n) is 10.9. The van der Waals surface area contributed by atoms with Crippen LogP contribution in [-0.4, -0.2) is 53.4 Å². The molecule has 1 aliphatic carbocycles. The maximum atomic E-state index is 11.8. The van der Waals surface area contributed by atoms with Gasteiger partial charge in [0, 0.05) is 19.3 Å². The van der Waals surface area contributed by atoms with E-state index in [0.29, 0.717) is 24.8 Å². The largest absolute Gasteiger partial charge is 0.315 e. The van der Waals surface area contributed by atoms with Crippen molar-refractivity contribution in [1.82, 2.24) is 5.32 Å². The van der Waals surface area contributed by atoms with Gasteiger partial charge in [0.15, 0.2) is 9.84 Å². The first-order valence-electron chi connectivity index (χ1n) is 6.37. The number of hydrogen-bond donors (Lipinski definition) is 1. The Kier molecular flexibility index (Phi) is 6.07. The minimum absolute atomic E-state index is 0.0513. The Morgan fingerprint density at radius 2 is 1.56 bits per heavy atom. The van der Waals surface area contributed by atoms with Crippen LogP contribution >= 0.6 is 0 Å². The smallest absolute Gasteiger partial charge is 0.151 e. The first kappa shape index (κ1) is 15.9. The molecule has 0 aromatic carbocycles. The molecule has 0 heterocycles. The van der Waals surface area contributed by atoms with E-state index in [1.165, 1.54) is 6.26 Å². The summed E-state index contributed by atoms with van der Waals surface area (Å²) in [5.74, 6) is 0.787. The van der Waals surface area contributed by atoms with Crippen LogP contribution in [0.3, 0.4) is 0 Å². The zero-order chi connectivity index (χ0) is 13.6. The summed E-state index contributed by atoms with van der Waals surface area (Å²) < 4.78 is 45.3. The average molecular weight is 297 g/mol. The van der Waals surface area contributed by atoms with Gasteiger partial charge in [-0.25, -0.2) is 16.8 Å². The summed E-state index contributed by atoms with van der Waals surface area (Å²) in [6.45, 7) is 0.655. The van der Waals surface area contributed by atoms with E-state index in [4.69, 9.17) is 0 Å². The second kappa shape index (κ2) is 6.86. The highest BCUT2D eigenvalue weighted by atomic mass is 32.2. The standard InChI is InChI=1S/C11H23NO4S2/c1-17(13,14)8-6-12-7-9-18(15,16)10-11-4-2-3-5-11/h11-12H,2-10H2,1H3. The van der Waals surface area contributed by atoms with Crippen LogP contribution in [0.4, 0.5) is 0 Å². The first-order chi connectivity index (χ1) is 8.29. The van der Waals surface area contributed by atoms with E-state index in [1.54, 1.807) is 0 Å². The Morgan fingerprint density at radius 3 is 2.11 bits per heavy atom. The lowest BCUT2D eigenvalue weighted by molar-refractivity contribution is 0.556. The molecule has 7 heteroatoms. The van der Waals surface area contributed by atoms with E-state index >= 15 is 0 Å². The monoisotopic (exact) mass is 297 g/mol. The van der Waals surface area contributed by atoms with Gasteiger partial charge < -0.3 is 5.32 Å². The molecule has 1 rings (SSSR count). The van der Waals surface area contributed by atoms with Crippen LogP contribution in [-0.2, 0) is 19.7 Å². The maximum absolute atomic E-state index is 11.8. The van der Waals surface area contributed by atoms with Gasteiger partial charge in [-0.3, -0.25) is 0 Å². The number of sulfone groups is 2. The summed E-state index contributed by atoms with van der Waals surface area (Å²) in [7, 11) is -5.96.